The van der Waals surface area contributed by atoms with Crippen molar-refractivity contribution in [2.45, 2.75) is 25.5 Å². The summed E-state index contributed by atoms with van der Waals surface area (Å²) < 4.78 is 18.7. The van der Waals surface area contributed by atoms with Crippen LogP contribution < -0.4 is 11.2 Å². The second-order valence-electron chi connectivity index (χ2n) is 5.61. The van der Waals surface area contributed by atoms with Crippen molar-refractivity contribution in [1.29, 1.82) is 0 Å². The highest BCUT2D eigenvalue weighted by Gasteiger charge is 2.38. The van der Waals surface area contributed by atoms with E-state index in [1.807, 2.05) is 37.3 Å². The lowest BCUT2D eigenvalue weighted by Gasteiger charge is -2.28. The zero-order chi connectivity index (χ0) is 17.7. The van der Waals surface area contributed by atoms with E-state index in [4.69, 9.17) is 14.2 Å². The predicted octanol–water partition coefficient (Wildman–Crippen LogP) is 1.57. The highest BCUT2D eigenvalue weighted by molar-refractivity contribution is 5.13. The van der Waals surface area contributed by atoms with Gasteiger partial charge < -0.3 is 14.2 Å². The van der Waals surface area contributed by atoms with Gasteiger partial charge in [-0.2, -0.15) is 0 Å². The summed E-state index contributed by atoms with van der Waals surface area (Å²) in [6, 6.07) is 11.1. The third-order valence-electron chi connectivity index (χ3n) is 3.76. The molecule has 1 aromatic carbocycles. The van der Waals surface area contributed by atoms with Crippen LogP contribution in [0.4, 0.5) is 0 Å². The first kappa shape index (κ1) is 17.3. The van der Waals surface area contributed by atoms with E-state index in [0.717, 1.165) is 5.56 Å². The summed E-state index contributed by atoms with van der Waals surface area (Å²) in [5, 5.41) is 0. The molecule has 1 aliphatic rings. The number of ether oxygens (including phenoxy) is 3. The van der Waals surface area contributed by atoms with Crippen molar-refractivity contribution in [3.05, 3.63) is 81.1 Å². The molecule has 3 rings (SSSR count). The van der Waals surface area contributed by atoms with Gasteiger partial charge in [-0.3, -0.25) is 14.3 Å². The van der Waals surface area contributed by atoms with Crippen molar-refractivity contribution in [3.63, 3.8) is 0 Å². The molecule has 2 heterocycles. The van der Waals surface area contributed by atoms with Crippen molar-refractivity contribution < 1.29 is 14.2 Å². The van der Waals surface area contributed by atoms with Gasteiger partial charge in [-0.05, 0) is 24.6 Å². The molecule has 7 nitrogen and oxygen atoms in total. The van der Waals surface area contributed by atoms with Crippen LogP contribution in [0.5, 0.6) is 0 Å². The average Bonchev–Trinajstić information content (AvgIpc) is 3.00. The summed E-state index contributed by atoms with van der Waals surface area (Å²) in [4.78, 5) is 25.3. The molecule has 0 saturated heterocycles. The number of hydrogen-bond donors (Lipinski definition) is 1. The maximum atomic E-state index is 11.9. The van der Waals surface area contributed by atoms with Gasteiger partial charge >= 0.3 is 5.69 Å². The highest BCUT2D eigenvalue weighted by atomic mass is 16.7. The Bertz CT molecular complexity index is 842. The number of rotatable bonds is 7. The number of benzene rings is 1. The van der Waals surface area contributed by atoms with Gasteiger partial charge in [-0.15, -0.1) is 0 Å². The van der Waals surface area contributed by atoms with Crippen molar-refractivity contribution in [2.24, 2.45) is 0 Å². The monoisotopic (exact) mass is 344 g/mol. The molecule has 2 aromatic rings. The molecule has 25 heavy (non-hydrogen) atoms. The fraction of sp³-hybridized carbons (Fsp3) is 0.333. The standard InChI is InChI=1S/C18H20N2O5/c1-2-24-18(13-23-12-14-6-4-3-5-7-14)10-8-16(25-18)20-11-9-15(21)19-17(20)22/h3-11,16H,2,12-13H2,1H3,(H,19,21,22)/t16-,18+/m1/s1. The quantitative estimate of drug-likeness (QED) is 0.771. The first-order valence-electron chi connectivity index (χ1n) is 8.06. The number of nitrogens with zero attached hydrogens (tertiary/aromatic N) is 1. The topological polar surface area (TPSA) is 82.5 Å². The lowest BCUT2D eigenvalue weighted by molar-refractivity contribution is -0.244. The molecule has 7 heteroatoms. The van der Waals surface area contributed by atoms with Gasteiger partial charge in [-0.25, -0.2) is 4.79 Å². The van der Waals surface area contributed by atoms with Crippen LogP contribution in [0.25, 0.3) is 0 Å². The number of hydrogen-bond acceptors (Lipinski definition) is 5. The van der Waals surface area contributed by atoms with Gasteiger partial charge in [0.1, 0.15) is 6.61 Å². The van der Waals surface area contributed by atoms with Crippen LogP contribution in [0.2, 0.25) is 0 Å². The number of nitrogens with one attached hydrogen (secondary N) is 1. The lowest BCUT2D eigenvalue weighted by Crippen LogP contribution is -2.39. The van der Waals surface area contributed by atoms with Crippen molar-refractivity contribution in [3.8, 4) is 0 Å². The zero-order valence-electron chi connectivity index (χ0n) is 13.9. The van der Waals surface area contributed by atoms with Crippen LogP contribution in [0.1, 0.15) is 18.7 Å². The summed E-state index contributed by atoms with van der Waals surface area (Å²) in [7, 11) is 0. The molecule has 2 atom stereocenters. The lowest BCUT2D eigenvalue weighted by atomic mass is 10.2. The molecule has 0 unspecified atom stereocenters. The van der Waals surface area contributed by atoms with Crippen LogP contribution in [-0.4, -0.2) is 28.6 Å². The van der Waals surface area contributed by atoms with Gasteiger partial charge in [0.05, 0.1) is 6.61 Å². The van der Waals surface area contributed by atoms with E-state index in [1.165, 1.54) is 16.8 Å². The Balaban J connectivity index is 1.68. The Hall–Kier alpha value is -2.48. The molecule has 0 radical (unpaired) electrons. The SMILES string of the molecule is CCO[C@@]1(COCc2ccccc2)C=C[C@H](n2ccc(=O)[nH]c2=O)O1. The molecule has 1 aliphatic heterocycles. The zero-order valence-corrected chi connectivity index (χ0v) is 13.9. The molecule has 1 aromatic heterocycles. The van der Waals surface area contributed by atoms with E-state index in [2.05, 4.69) is 4.98 Å². The molecule has 0 aliphatic carbocycles. The molecule has 0 amide bonds. The Morgan fingerprint density at radius 3 is 2.76 bits per heavy atom. The van der Waals surface area contributed by atoms with Crippen LogP contribution in [0.15, 0.2) is 64.3 Å². The second kappa shape index (κ2) is 7.60. The molecule has 0 fully saturated rings. The van der Waals surface area contributed by atoms with E-state index < -0.39 is 23.3 Å². The fourth-order valence-electron chi connectivity index (χ4n) is 2.62. The Labute approximate surface area is 144 Å². The van der Waals surface area contributed by atoms with E-state index in [-0.39, 0.29) is 6.61 Å². The molecular formula is C18H20N2O5. The van der Waals surface area contributed by atoms with Gasteiger partial charge in [-0.1, -0.05) is 30.3 Å². The minimum atomic E-state index is -1.07. The minimum absolute atomic E-state index is 0.181. The van der Waals surface area contributed by atoms with Gasteiger partial charge in [0, 0.05) is 18.9 Å². The molecular weight excluding hydrogens is 324 g/mol. The smallest absolute Gasteiger partial charge is 0.330 e. The Morgan fingerprint density at radius 2 is 2.04 bits per heavy atom. The molecule has 132 valence electrons. The normalized spacial score (nSPS) is 22.4. The van der Waals surface area contributed by atoms with Crippen LogP contribution >= 0.6 is 0 Å². The summed E-state index contributed by atoms with van der Waals surface area (Å²) in [6.07, 6.45) is 4.17. The third kappa shape index (κ3) is 4.14. The Kier molecular flexibility index (Phi) is 5.28. The molecule has 0 spiro atoms. The maximum absolute atomic E-state index is 11.9. The van der Waals surface area contributed by atoms with Gasteiger partial charge in [0.2, 0.25) is 5.79 Å². The van der Waals surface area contributed by atoms with Gasteiger partial charge in [0.15, 0.2) is 6.23 Å². The summed E-state index contributed by atoms with van der Waals surface area (Å²) >= 11 is 0. The summed E-state index contributed by atoms with van der Waals surface area (Å²) in [6.45, 7) is 2.89. The fourth-order valence-corrected chi connectivity index (χ4v) is 2.62. The van der Waals surface area contributed by atoms with Gasteiger partial charge in [0.25, 0.3) is 5.56 Å². The van der Waals surface area contributed by atoms with Crippen LogP contribution in [0, 0.1) is 0 Å². The second-order valence-corrected chi connectivity index (χ2v) is 5.61. The summed E-state index contributed by atoms with van der Waals surface area (Å²) in [5.74, 6) is -1.07. The summed E-state index contributed by atoms with van der Waals surface area (Å²) in [5.41, 5.74) is 0.0506. The van der Waals surface area contributed by atoms with Crippen molar-refractivity contribution in [1.82, 2.24) is 9.55 Å². The first-order chi connectivity index (χ1) is 12.1. The number of aromatic nitrogens is 2. The van der Waals surface area contributed by atoms with Crippen LogP contribution in [0.3, 0.4) is 0 Å². The van der Waals surface area contributed by atoms with E-state index in [9.17, 15) is 9.59 Å². The minimum Gasteiger partial charge on any atom is -0.371 e. The van der Waals surface area contributed by atoms with Crippen LogP contribution in [-0.2, 0) is 20.8 Å². The molecule has 1 N–H and O–H groups in total. The number of H-pyrrole nitrogens is 1. The van der Waals surface area contributed by atoms with E-state index in [0.29, 0.717) is 13.2 Å². The predicted molar refractivity (Wildman–Crippen MR) is 91.0 cm³/mol. The Morgan fingerprint density at radius 1 is 1.24 bits per heavy atom. The van der Waals surface area contributed by atoms with E-state index >= 15 is 0 Å². The highest BCUT2D eigenvalue weighted by Crippen LogP contribution is 2.30. The molecule has 0 bridgehead atoms. The largest absolute Gasteiger partial charge is 0.371 e. The van der Waals surface area contributed by atoms with Crippen molar-refractivity contribution in [2.75, 3.05) is 13.2 Å². The number of aromatic amines is 1. The maximum Gasteiger partial charge on any atom is 0.330 e. The first-order valence-corrected chi connectivity index (χ1v) is 8.06. The van der Waals surface area contributed by atoms with Crippen molar-refractivity contribution >= 4 is 0 Å². The molecule has 0 saturated carbocycles. The average molecular weight is 344 g/mol. The third-order valence-corrected chi connectivity index (χ3v) is 3.76. The van der Waals surface area contributed by atoms with E-state index in [1.54, 1.807) is 12.2 Å².